The second-order valence-electron chi connectivity index (χ2n) is 6.49. The lowest BCUT2D eigenvalue weighted by molar-refractivity contribution is 0.0787. The van der Waals surface area contributed by atoms with Crippen molar-refractivity contribution in [2.75, 3.05) is 13.1 Å². The Morgan fingerprint density at radius 2 is 1.81 bits per heavy atom. The molecule has 6 nitrogen and oxygen atoms in total. The summed E-state index contributed by atoms with van der Waals surface area (Å²) in [5.41, 5.74) is 2.81. The van der Waals surface area contributed by atoms with Crippen molar-refractivity contribution in [3.8, 4) is 16.9 Å². The average Bonchev–Trinajstić information content (AvgIpc) is 3.08. The molecule has 26 heavy (non-hydrogen) atoms. The van der Waals surface area contributed by atoms with E-state index in [1.165, 1.54) is 6.07 Å². The van der Waals surface area contributed by atoms with Gasteiger partial charge < -0.3 is 5.11 Å². The van der Waals surface area contributed by atoms with Crippen LogP contribution in [-0.2, 0) is 6.54 Å². The van der Waals surface area contributed by atoms with Gasteiger partial charge in [0.2, 0.25) is 0 Å². The lowest BCUT2D eigenvalue weighted by atomic mass is 10.1. The van der Waals surface area contributed by atoms with E-state index in [0.717, 1.165) is 42.9 Å². The largest absolute Gasteiger partial charge is 0.393 e. The van der Waals surface area contributed by atoms with Crippen LogP contribution in [0.1, 0.15) is 18.5 Å². The van der Waals surface area contributed by atoms with Gasteiger partial charge in [-0.2, -0.15) is 0 Å². The molecule has 3 heterocycles. The normalized spacial score (nSPS) is 16.1. The zero-order chi connectivity index (χ0) is 17.9. The van der Waals surface area contributed by atoms with Crippen LogP contribution in [0.15, 0.2) is 48.8 Å². The van der Waals surface area contributed by atoms with Crippen LogP contribution in [0.5, 0.6) is 0 Å². The van der Waals surface area contributed by atoms with Gasteiger partial charge in [-0.15, -0.1) is 5.10 Å². The van der Waals surface area contributed by atoms with Gasteiger partial charge in [0.25, 0.3) is 0 Å². The lowest BCUT2D eigenvalue weighted by Gasteiger charge is -2.28. The van der Waals surface area contributed by atoms with E-state index in [1.54, 1.807) is 35.3 Å². The summed E-state index contributed by atoms with van der Waals surface area (Å²) < 4.78 is 15.9. The predicted molar refractivity (Wildman–Crippen MR) is 95.1 cm³/mol. The quantitative estimate of drug-likeness (QED) is 0.780. The Bertz CT molecular complexity index is 875. The molecule has 4 rings (SSSR count). The molecule has 1 aromatic carbocycles. The third-order valence-electron chi connectivity index (χ3n) is 4.70. The molecular weight excluding hydrogens is 333 g/mol. The Morgan fingerprint density at radius 3 is 2.54 bits per heavy atom. The van der Waals surface area contributed by atoms with E-state index in [9.17, 15) is 9.50 Å². The summed E-state index contributed by atoms with van der Waals surface area (Å²) in [4.78, 5) is 6.31. The molecule has 1 fully saturated rings. The third kappa shape index (κ3) is 3.36. The first-order valence-electron chi connectivity index (χ1n) is 8.72. The summed E-state index contributed by atoms with van der Waals surface area (Å²) in [5, 5.41) is 18.3. The Labute approximate surface area is 150 Å². The fourth-order valence-electron chi connectivity index (χ4n) is 3.30. The third-order valence-corrected chi connectivity index (χ3v) is 4.70. The summed E-state index contributed by atoms with van der Waals surface area (Å²) in [7, 11) is 0. The van der Waals surface area contributed by atoms with Crippen LogP contribution in [0.25, 0.3) is 16.9 Å². The molecule has 2 aromatic heterocycles. The Balaban J connectivity index is 1.74. The van der Waals surface area contributed by atoms with Gasteiger partial charge in [-0.05, 0) is 37.1 Å². The summed E-state index contributed by atoms with van der Waals surface area (Å²) in [5.74, 6) is -0.347. The summed E-state index contributed by atoms with van der Waals surface area (Å²) in [6.45, 7) is 2.23. The van der Waals surface area contributed by atoms with Crippen molar-refractivity contribution in [1.82, 2.24) is 24.9 Å². The van der Waals surface area contributed by atoms with Crippen LogP contribution >= 0.6 is 0 Å². The van der Waals surface area contributed by atoms with Crippen LogP contribution in [0.2, 0.25) is 0 Å². The SMILES string of the molecule is OC1CCN(Cc2nnn(-c3ccccc3F)c2-c2ccncc2)CC1. The molecule has 7 heteroatoms. The first-order chi connectivity index (χ1) is 12.7. The van der Waals surface area contributed by atoms with E-state index in [4.69, 9.17) is 0 Å². The van der Waals surface area contributed by atoms with E-state index < -0.39 is 0 Å². The van der Waals surface area contributed by atoms with Gasteiger partial charge in [0.1, 0.15) is 17.2 Å². The standard InChI is InChI=1S/C19H20FN5O/c20-16-3-1-2-4-18(16)25-19(14-5-9-21-10-6-14)17(22-23-25)13-24-11-7-15(26)8-12-24/h1-6,9-10,15,26H,7-8,11-13H2. The van der Waals surface area contributed by atoms with E-state index in [0.29, 0.717) is 12.2 Å². The molecule has 0 spiro atoms. The number of aromatic nitrogens is 4. The Hall–Kier alpha value is -2.64. The van der Waals surface area contributed by atoms with Crippen LogP contribution in [0, 0.1) is 5.82 Å². The van der Waals surface area contributed by atoms with Crippen molar-refractivity contribution in [2.24, 2.45) is 0 Å². The summed E-state index contributed by atoms with van der Waals surface area (Å²) in [6, 6.07) is 10.3. The van der Waals surface area contributed by atoms with Gasteiger partial charge in [0, 0.05) is 37.6 Å². The zero-order valence-corrected chi connectivity index (χ0v) is 14.3. The fourth-order valence-corrected chi connectivity index (χ4v) is 3.30. The number of hydrogen-bond acceptors (Lipinski definition) is 5. The van der Waals surface area contributed by atoms with E-state index >= 15 is 0 Å². The Kier molecular flexibility index (Phi) is 4.73. The number of likely N-dealkylation sites (tertiary alicyclic amines) is 1. The molecule has 3 aromatic rings. The number of hydrogen-bond donors (Lipinski definition) is 1. The van der Waals surface area contributed by atoms with Gasteiger partial charge in [0.15, 0.2) is 0 Å². The molecule has 1 saturated heterocycles. The molecule has 1 N–H and O–H groups in total. The number of pyridine rings is 1. The number of halogens is 1. The topological polar surface area (TPSA) is 67.1 Å². The first kappa shape index (κ1) is 16.8. The highest BCUT2D eigenvalue weighted by Gasteiger charge is 2.23. The monoisotopic (exact) mass is 353 g/mol. The maximum atomic E-state index is 14.3. The predicted octanol–water partition coefficient (Wildman–Crippen LogP) is 2.43. The van der Waals surface area contributed by atoms with E-state index in [1.807, 2.05) is 12.1 Å². The number of rotatable bonds is 4. The second kappa shape index (κ2) is 7.31. The molecule has 0 unspecified atom stereocenters. The summed E-state index contributed by atoms with van der Waals surface area (Å²) >= 11 is 0. The van der Waals surface area contributed by atoms with Crippen molar-refractivity contribution >= 4 is 0 Å². The average molecular weight is 353 g/mol. The number of para-hydroxylation sites is 1. The minimum atomic E-state index is -0.347. The van der Waals surface area contributed by atoms with Crippen LogP contribution < -0.4 is 0 Å². The van der Waals surface area contributed by atoms with Gasteiger partial charge in [-0.3, -0.25) is 9.88 Å². The van der Waals surface area contributed by atoms with Crippen molar-refractivity contribution < 1.29 is 9.50 Å². The first-order valence-corrected chi connectivity index (χ1v) is 8.72. The summed E-state index contributed by atoms with van der Waals surface area (Å²) in [6.07, 6.45) is 4.70. The second-order valence-corrected chi connectivity index (χ2v) is 6.49. The lowest BCUT2D eigenvalue weighted by Crippen LogP contribution is -2.35. The highest BCUT2D eigenvalue weighted by Crippen LogP contribution is 2.27. The molecule has 0 atom stereocenters. The van der Waals surface area contributed by atoms with Crippen molar-refractivity contribution in [1.29, 1.82) is 0 Å². The smallest absolute Gasteiger partial charge is 0.148 e. The molecule has 1 aliphatic heterocycles. The fraction of sp³-hybridized carbons (Fsp3) is 0.316. The van der Waals surface area contributed by atoms with Gasteiger partial charge in [-0.1, -0.05) is 17.3 Å². The zero-order valence-electron chi connectivity index (χ0n) is 14.3. The molecule has 1 aliphatic rings. The van der Waals surface area contributed by atoms with E-state index in [2.05, 4.69) is 20.2 Å². The van der Waals surface area contributed by atoms with Gasteiger partial charge in [-0.25, -0.2) is 9.07 Å². The van der Waals surface area contributed by atoms with Gasteiger partial charge in [0.05, 0.1) is 11.8 Å². The molecule has 0 radical (unpaired) electrons. The van der Waals surface area contributed by atoms with Crippen LogP contribution in [0.3, 0.4) is 0 Å². The Morgan fingerprint density at radius 1 is 1.08 bits per heavy atom. The molecule has 0 aliphatic carbocycles. The van der Waals surface area contributed by atoms with Crippen molar-refractivity contribution in [2.45, 2.75) is 25.5 Å². The molecular formula is C19H20FN5O. The van der Waals surface area contributed by atoms with E-state index in [-0.39, 0.29) is 11.9 Å². The van der Waals surface area contributed by atoms with Crippen molar-refractivity contribution in [3.63, 3.8) is 0 Å². The molecule has 0 bridgehead atoms. The number of aliphatic hydroxyl groups excluding tert-OH is 1. The number of benzene rings is 1. The molecule has 134 valence electrons. The number of aliphatic hydroxyl groups is 1. The minimum Gasteiger partial charge on any atom is -0.393 e. The minimum absolute atomic E-state index is 0.222. The van der Waals surface area contributed by atoms with Crippen LogP contribution in [0.4, 0.5) is 4.39 Å². The van der Waals surface area contributed by atoms with Crippen LogP contribution in [-0.4, -0.2) is 49.2 Å². The maximum Gasteiger partial charge on any atom is 0.148 e. The van der Waals surface area contributed by atoms with Crippen molar-refractivity contribution in [3.05, 3.63) is 60.3 Å². The molecule has 0 amide bonds. The highest BCUT2D eigenvalue weighted by atomic mass is 19.1. The van der Waals surface area contributed by atoms with Gasteiger partial charge >= 0.3 is 0 Å². The highest BCUT2D eigenvalue weighted by molar-refractivity contribution is 5.63. The maximum absolute atomic E-state index is 14.3. The molecule has 0 saturated carbocycles. The number of piperidine rings is 1. The number of nitrogens with zero attached hydrogens (tertiary/aromatic N) is 5.